The number of rotatable bonds is 1. The van der Waals surface area contributed by atoms with Gasteiger partial charge in [0.15, 0.2) is 11.6 Å². The summed E-state index contributed by atoms with van der Waals surface area (Å²) < 4.78 is 0. The van der Waals surface area contributed by atoms with Crippen LogP contribution < -0.4 is 5.73 Å². The maximum Gasteiger partial charge on any atom is 0.165 e. The fourth-order valence-electron chi connectivity index (χ4n) is 1.45. The number of aromatic nitrogens is 1. The van der Waals surface area contributed by atoms with Gasteiger partial charge in [0.05, 0.1) is 0 Å². The van der Waals surface area contributed by atoms with Crippen molar-refractivity contribution < 1.29 is 5.11 Å². The summed E-state index contributed by atoms with van der Waals surface area (Å²) in [5, 5.41) is 9.44. The van der Waals surface area contributed by atoms with Crippen molar-refractivity contribution >= 4 is 5.82 Å². The van der Waals surface area contributed by atoms with Crippen LogP contribution >= 0.6 is 0 Å². The van der Waals surface area contributed by atoms with E-state index in [-0.39, 0.29) is 11.6 Å². The lowest BCUT2D eigenvalue weighted by molar-refractivity contribution is 0.476. The molecule has 3 N–H and O–H groups in total. The second-order valence-electron chi connectivity index (χ2n) is 3.50. The average Bonchev–Trinajstić information content (AvgIpc) is 2.22. The highest BCUT2D eigenvalue weighted by molar-refractivity contribution is 5.67. The van der Waals surface area contributed by atoms with Crippen LogP contribution in [0.3, 0.4) is 0 Å². The fraction of sp³-hybridized carbons (Fsp3) is 0.0833. The summed E-state index contributed by atoms with van der Waals surface area (Å²) in [5.41, 5.74) is 8.50. The fourth-order valence-corrected chi connectivity index (χ4v) is 1.45. The Balaban J connectivity index is 2.50. The highest BCUT2D eigenvalue weighted by atomic mass is 16.3. The summed E-state index contributed by atoms with van der Waals surface area (Å²) in [4.78, 5) is 3.91. The van der Waals surface area contributed by atoms with Crippen LogP contribution in [0.1, 0.15) is 5.56 Å². The predicted octanol–water partition coefficient (Wildman–Crippen LogP) is 2.34. The number of aryl methyl sites for hydroxylation is 1. The molecule has 1 aromatic heterocycles. The number of aromatic hydroxyl groups is 1. The molecule has 0 radical (unpaired) electrons. The minimum Gasteiger partial charge on any atom is -0.504 e. The second-order valence-corrected chi connectivity index (χ2v) is 3.50. The van der Waals surface area contributed by atoms with Crippen molar-refractivity contribution in [2.24, 2.45) is 0 Å². The van der Waals surface area contributed by atoms with Crippen LogP contribution in [-0.2, 0) is 0 Å². The van der Waals surface area contributed by atoms with Crippen LogP contribution in [0, 0.1) is 6.92 Å². The molecule has 3 nitrogen and oxygen atoms in total. The lowest BCUT2D eigenvalue weighted by atomic mass is 10.1. The van der Waals surface area contributed by atoms with Crippen molar-refractivity contribution in [2.75, 3.05) is 5.73 Å². The van der Waals surface area contributed by atoms with Crippen molar-refractivity contribution in [1.82, 2.24) is 4.98 Å². The molecule has 0 atom stereocenters. The van der Waals surface area contributed by atoms with Gasteiger partial charge in [0.1, 0.15) is 0 Å². The Morgan fingerprint density at radius 2 is 2.00 bits per heavy atom. The first-order valence-electron chi connectivity index (χ1n) is 4.68. The van der Waals surface area contributed by atoms with Crippen LogP contribution in [0.4, 0.5) is 5.82 Å². The third-order valence-electron chi connectivity index (χ3n) is 2.25. The Labute approximate surface area is 88.2 Å². The molecule has 15 heavy (non-hydrogen) atoms. The number of benzene rings is 1. The SMILES string of the molecule is Cc1cccc(-c2cnc(N)c(O)c2)c1. The summed E-state index contributed by atoms with van der Waals surface area (Å²) in [5.74, 6) is 0.181. The van der Waals surface area contributed by atoms with Crippen molar-refractivity contribution in [3.63, 3.8) is 0 Å². The minimum absolute atomic E-state index is 0.0222. The molecule has 1 aromatic carbocycles. The maximum atomic E-state index is 9.44. The van der Waals surface area contributed by atoms with Gasteiger partial charge in [-0.25, -0.2) is 4.98 Å². The first-order chi connectivity index (χ1) is 7.16. The lowest BCUT2D eigenvalue weighted by Gasteiger charge is -2.04. The van der Waals surface area contributed by atoms with E-state index < -0.39 is 0 Å². The number of hydrogen-bond acceptors (Lipinski definition) is 3. The van der Waals surface area contributed by atoms with E-state index in [0.29, 0.717) is 0 Å². The van der Waals surface area contributed by atoms with Crippen LogP contribution in [-0.4, -0.2) is 10.1 Å². The molecule has 0 aliphatic carbocycles. The molecule has 3 heteroatoms. The van der Waals surface area contributed by atoms with E-state index in [9.17, 15) is 5.11 Å². The zero-order chi connectivity index (χ0) is 10.8. The number of nitrogens with two attached hydrogens (primary N) is 1. The summed E-state index contributed by atoms with van der Waals surface area (Å²) in [7, 11) is 0. The highest BCUT2D eigenvalue weighted by Crippen LogP contribution is 2.26. The summed E-state index contributed by atoms with van der Waals surface area (Å²) in [6.45, 7) is 2.02. The Hall–Kier alpha value is -2.03. The number of hydrogen-bond donors (Lipinski definition) is 2. The van der Waals surface area contributed by atoms with E-state index in [0.717, 1.165) is 11.1 Å². The maximum absolute atomic E-state index is 9.44. The zero-order valence-corrected chi connectivity index (χ0v) is 8.44. The van der Waals surface area contributed by atoms with E-state index in [4.69, 9.17) is 5.73 Å². The van der Waals surface area contributed by atoms with Gasteiger partial charge < -0.3 is 10.8 Å². The quantitative estimate of drug-likeness (QED) is 0.742. The highest BCUT2D eigenvalue weighted by Gasteiger charge is 2.02. The molecule has 76 valence electrons. The van der Waals surface area contributed by atoms with Crippen LogP contribution in [0.5, 0.6) is 5.75 Å². The third kappa shape index (κ3) is 1.91. The lowest BCUT2D eigenvalue weighted by Crippen LogP contribution is -1.90. The second kappa shape index (κ2) is 3.61. The Kier molecular flexibility index (Phi) is 2.29. The van der Waals surface area contributed by atoms with Crippen molar-refractivity contribution in [1.29, 1.82) is 0 Å². The third-order valence-corrected chi connectivity index (χ3v) is 2.25. The van der Waals surface area contributed by atoms with Gasteiger partial charge in [0.25, 0.3) is 0 Å². The number of nitrogen functional groups attached to an aromatic ring is 1. The molecular formula is C12H12N2O. The zero-order valence-electron chi connectivity index (χ0n) is 8.44. The van der Waals surface area contributed by atoms with Crippen LogP contribution in [0.25, 0.3) is 11.1 Å². The number of nitrogens with zero attached hydrogens (tertiary/aromatic N) is 1. The van der Waals surface area contributed by atoms with E-state index in [1.807, 2.05) is 31.2 Å². The Bertz CT molecular complexity index is 495. The van der Waals surface area contributed by atoms with E-state index in [1.165, 1.54) is 5.56 Å². The Morgan fingerprint density at radius 1 is 1.20 bits per heavy atom. The van der Waals surface area contributed by atoms with Crippen molar-refractivity contribution in [3.05, 3.63) is 42.1 Å². The molecule has 2 aromatic rings. The molecule has 0 aliphatic rings. The summed E-state index contributed by atoms with van der Waals surface area (Å²) in [6.07, 6.45) is 1.66. The topological polar surface area (TPSA) is 59.1 Å². The van der Waals surface area contributed by atoms with Gasteiger partial charge in [-0.3, -0.25) is 0 Å². The van der Waals surface area contributed by atoms with Crippen molar-refractivity contribution in [3.8, 4) is 16.9 Å². The first kappa shape index (κ1) is 9.52. The molecule has 0 fully saturated rings. The molecule has 0 unspecified atom stereocenters. The smallest absolute Gasteiger partial charge is 0.165 e. The molecular weight excluding hydrogens is 188 g/mol. The van der Waals surface area contributed by atoms with Crippen LogP contribution in [0.2, 0.25) is 0 Å². The monoisotopic (exact) mass is 200 g/mol. The standard InChI is InChI=1S/C12H12N2O/c1-8-3-2-4-9(5-8)10-6-11(15)12(13)14-7-10/h2-7,15H,1H3,(H2,13,14). The van der Waals surface area contributed by atoms with Gasteiger partial charge in [-0.15, -0.1) is 0 Å². The first-order valence-corrected chi connectivity index (χ1v) is 4.68. The van der Waals surface area contributed by atoms with E-state index in [2.05, 4.69) is 4.98 Å². The molecule has 0 spiro atoms. The van der Waals surface area contributed by atoms with Gasteiger partial charge in [-0.1, -0.05) is 29.8 Å². The van der Waals surface area contributed by atoms with E-state index >= 15 is 0 Å². The largest absolute Gasteiger partial charge is 0.504 e. The molecule has 0 amide bonds. The van der Waals surface area contributed by atoms with Gasteiger partial charge in [-0.05, 0) is 18.6 Å². The summed E-state index contributed by atoms with van der Waals surface area (Å²) >= 11 is 0. The molecule has 0 saturated carbocycles. The minimum atomic E-state index is 0.0222. The van der Waals surface area contributed by atoms with Gasteiger partial charge in [0.2, 0.25) is 0 Å². The van der Waals surface area contributed by atoms with Gasteiger partial charge in [0, 0.05) is 11.8 Å². The predicted molar refractivity (Wildman–Crippen MR) is 60.5 cm³/mol. The molecule has 0 saturated heterocycles. The molecule has 0 bridgehead atoms. The molecule has 1 heterocycles. The molecule has 2 rings (SSSR count). The van der Waals surface area contributed by atoms with Crippen molar-refractivity contribution in [2.45, 2.75) is 6.92 Å². The Morgan fingerprint density at radius 3 is 2.67 bits per heavy atom. The van der Waals surface area contributed by atoms with Gasteiger partial charge >= 0.3 is 0 Å². The number of anilines is 1. The van der Waals surface area contributed by atoms with Crippen LogP contribution in [0.15, 0.2) is 36.5 Å². The normalized spacial score (nSPS) is 10.2. The van der Waals surface area contributed by atoms with E-state index in [1.54, 1.807) is 12.3 Å². The van der Waals surface area contributed by atoms with Gasteiger partial charge in [-0.2, -0.15) is 0 Å². The number of pyridine rings is 1. The molecule has 0 aliphatic heterocycles. The summed E-state index contributed by atoms with van der Waals surface area (Å²) in [6, 6.07) is 9.62. The average molecular weight is 200 g/mol.